The molecular formula is C26H27NO8. The first kappa shape index (κ1) is 26.9. The number of rotatable bonds is 10. The second kappa shape index (κ2) is 14.1. The number of hydrogen-bond acceptors (Lipinski definition) is 9. The van der Waals surface area contributed by atoms with Crippen molar-refractivity contribution in [1.82, 2.24) is 0 Å². The monoisotopic (exact) mass is 481 g/mol. The van der Waals surface area contributed by atoms with Gasteiger partial charge >= 0.3 is 18.3 Å². The van der Waals surface area contributed by atoms with Crippen molar-refractivity contribution >= 4 is 24.4 Å². The van der Waals surface area contributed by atoms with Gasteiger partial charge in [0.2, 0.25) is 0 Å². The molecule has 0 aliphatic heterocycles. The summed E-state index contributed by atoms with van der Waals surface area (Å²) in [7, 11) is 0. The molecule has 0 N–H and O–H groups in total. The fourth-order valence-corrected chi connectivity index (χ4v) is 2.97. The molecule has 0 spiro atoms. The normalized spacial score (nSPS) is 11.5. The zero-order valence-electron chi connectivity index (χ0n) is 19.8. The van der Waals surface area contributed by atoms with Gasteiger partial charge in [0.25, 0.3) is 0 Å². The Morgan fingerprint density at radius 3 is 2.11 bits per heavy atom. The highest BCUT2D eigenvalue weighted by atomic mass is 16.7. The maximum absolute atomic E-state index is 12.8. The summed E-state index contributed by atoms with van der Waals surface area (Å²) in [6.45, 7) is 5.33. The molecule has 35 heavy (non-hydrogen) atoms. The summed E-state index contributed by atoms with van der Waals surface area (Å²) in [5, 5.41) is 9.58. The lowest BCUT2D eigenvalue weighted by Gasteiger charge is -2.17. The van der Waals surface area contributed by atoms with Gasteiger partial charge < -0.3 is 23.7 Å². The number of carbonyl (C=O) groups is 3. The van der Waals surface area contributed by atoms with Gasteiger partial charge in [0.1, 0.15) is 17.7 Å². The van der Waals surface area contributed by atoms with Crippen molar-refractivity contribution in [3.63, 3.8) is 0 Å². The van der Waals surface area contributed by atoms with Gasteiger partial charge in [0.15, 0.2) is 11.5 Å². The number of ether oxygens (including phenoxy) is 5. The van der Waals surface area contributed by atoms with E-state index in [0.29, 0.717) is 12.0 Å². The third-order valence-corrected chi connectivity index (χ3v) is 4.50. The van der Waals surface area contributed by atoms with Gasteiger partial charge in [-0.25, -0.2) is 14.4 Å². The van der Waals surface area contributed by atoms with Gasteiger partial charge in [0, 0.05) is 0 Å². The van der Waals surface area contributed by atoms with Gasteiger partial charge in [-0.1, -0.05) is 49.7 Å². The van der Waals surface area contributed by atoms with Crippen molar-refractivity contribution in [2.24, 2.45) is 0 Å². The number of benzene rings is 2. The molecule has 9 heteroatoms. The third kappa shape index (κ3) is 8.51. The molecule has 2 aromatic carbocycles. The molecule has 0 aliphatic carbocycles. The molecule has 9 nitrogen and oxygen atoms in total. The summed E-state index contributed by atoms with van der Waals surface area (Å²) >= 11 is 0. The van der Waals surface area contributed by atoms with Crippen molar-refractivity contribution in [2.45, 2.75) is 39.7 Å². The summed E-state index contributed by atoms with van der Waals surface area (Å²) in [5.41, 5.74) is 0.884. The van der Waals surface area contributed by atoms with E-state index in [1.54, 1.807) is 13.8 Å². The highest BCUT2D eigenvalue weighted by molar-refractivity contribution is 5.98. The molecule has 0 amide bonds. The predicted molar refractivity (Wildman–Crippen MR) is 126 cm³/mol. The molecule has 0 fully saturated rings. The minimum absolute atomic E-state index is 0.0667. The molecule has 0 saturated carbocycles. The van der Waals surface area contributed by atoms with Crippen LogP contribution in [0.15, 0.2) is 54.1 Å². The largest absolute Gasteiger partial charge is 0.513 e. The minimum atomic E-state index is -1.02. The second-order valence-corrected chi connectivity index (χ2v) is 7.04. The Morgan fingerprint density at radius 1 is 0.914 bits per heavy atom. The zero-order chi connectivity index (χ0) is 25.6. The first-order valence-corrected chi connectivity index (χ1v) is 11.1. The van der Waals surface area contributed by atoms with E-state index in [4.69, 9.17) is 23.7 Å². The van der Waals surface area contributed by atoms with Crippen LogP contribution in [-0.4, -0.2) is 31.5 Å². The minimum Gasteiger partial charge on any atom is -0.453 e. The fraction of sp³-hybridized carbons (Fsp3) is 0.308. The van der Waals surface area contributed by atoms with Gasteiger partial charge in [-0.2, -0.15) is 5.26 Å². The van der Waals surface area contributed by atoms with Crippen molar-refractivity contribution < 1.29 is 38.1 Å². The van der Waals surface area contributed by atoms with Crippen molar-refractivity contribution in [3.8, 4) is 17.6 Å². The van der Waals surface area contributed by atoms with Crippen LogP contribution < -0.4 is 9.47 Å². The standard InChI is InChI=1S/C26H27NO8/c1-4-10-21(19-11-8-7-9-12-19)33-24(28)20(17-27)15-18-13-14-22(34-25(29)31-5-2)23(16-18)35-26(30)32-6-3/h7-9,11-16,21H,4-6,10H2,1-3H3. The molecule has 0 aromatic heterocycles. The Kier molecular flexibility index (Phi) is 10.8. The van der Waals surface area contributed by atoms with Crippen LogP contribution in [0.5, 0.6) is 11.5 Å². The Labute approximate surface area is 203 Å². The second-order valence-electron chi connectivity index (χ2n) is 7.04. The molecule has 0 saturated heterocycles. The first-order valence-electron chi connectivity index (χ1n) is 11.1. The van der Waals surface area contributed by atoms with E-state index in [2.05, 4.69) is 0 Å². The van der Waals surface area contributed by atoms with Crippen LogP contribution in [0.25, 0.3) is 6.08 Å². The highest BCUT2D eigenvalue weighted by Crippen LogP contribution is 2.31. The van der Waals surface area contributed by atoms with Crippen molar-refractivity contribution in [2.75, 3.05) is 13.2 Å². The van der Waals surface area contributed by atoms with Crippen LogP contribution in [0.4, 0.5) is 9.59 Å². The van der Waals surface area contributed by atoms with Crippen LogP contribution in [0.3, 0.4) is 0 Å². The molecule has 184 valence electrons. The molecule has 0 bridgehead atoms. The summed E-state index contributed by atoms with van der Waals surface area (Å²) in [4.78, 5) is 36.3. The Hall–Kier alpha value is -4.32. The molecule has 1 atom stereocenters. The SMILES string of the molecule is CCCC(OC(=O)C(C#N)=Cc1ccc(OC(=O)OCC)c(OC(=O)OCC)c1)c1ccccc1. The number of carbonyl (C=O) groups excluding carboxylic acids is 3. The van der Waals surface area contributed by atoms with E-state index in [1.165, 1.54) is 24.3 Å². The van der Waals surface area contributed by atoms with E-state index in [-0.39, 0.29) is 30.3 Å². The molecule has 1 unspecified atom stereocenters. The summed E-state index contributed by atoms with van der Waals surface area (Å²) in [5.74, 6) is -1.07. The quantitative estimate of drug-likeness (QED) is 0.137. The highest BCUT2D eigenvalue weighted by Gasteiger charge is 2.20. The van der Waals surface area contributed by atoms with Crippen LogP contribution in [0.2, 0.25) is 0 Å². The van der Waals surface area contributed by atoms with E-state index < -0.39 is 24.4 Å². The van der Waals surface area contributed by atoms with Crippen LogP contribution >= 0.6 is 0 Å². The van der Waals surface area contributed by atoms with E-state index in [1.807, 2.05) is 43.3 Å². The lowest BCUT2D eigenvalue weighted by atomic mass is 10.0. The van der Waals surface area contributed by atoms with E-state index >= 15 is 0 Å². The van der Waals surface area contributed by atoms with Crippen LogP contribution in [0, 0.1) is 11.3 Å². The van der Waals surface area contributed by atoms with Crippen LogP contribution in [0.1, 0.15) is 50.8 Å². The Bertz CT molecular complexity index is 1090. The smallest absolute Gasteiger partial charge is 0.453 e. The van der Waals surface area contributed by atoms with Gasteiger partial charge in [-0.3, -0.25) is 0 Å². The third-order valence-electron chi connectivity index (χ3n) is 4.50. The Morgan fingerprint density at radius 2 is 1.54 bits per heavy atom. The van der Waals surface area contributed by atoms with Gasteiger partial charge in [0.05, 0.1) is 13.2 Å². The van der Waals surface area contributed by atoms with Gasteiger partial charge in [-0.05, 0) is 49.6 Å². The first-order chi connectivity index (χ1) is 16.9. The molecule has 2 rings (SSSR count). The summed E-state index contributed by atoms with van der Waals surface area (Å²) in [6.07, 6.45) is 0.123. The van der Waals surface area contributed by atoms with Crippen molar-refractivity contribution in [1.29, 1.82) is 5.26 Å². The maximum Gasteiger partial charge on any atom is 0.513 e. The number of esters is 1. The predicted octanol–water partition coefficient (Wildman–Crippen LogP) is 5.75. The average molecular weight is 482 g/mol. The summed E-state index contributed by atoms with van der Waals surface area (Å²) in [6, 6.07) is 15.2. The number of nitriles is 1. The molecule has 2 aromatic rings. The summed E-state index contributed by atoms with van der Waals surface area (Å²) < 4.78 is 25.3. The van der Waals surface area contributed by atoms with E-state index in [0.717, 1.165) is 12.0 Å². The average Bonchev–Trinajstić information content (AvgIpc) is 2.84. The zero-order valence-corrected chi connectivity index (χ0v) is 19.8. The molecule has 0 aliphatic rings. The Balaban J connectivity index is 2.32. The lowest BCUT2D eigenvalue weighted by Crippen LogP contribution is -2.14. The van der Waals surface area contributed by atoms with E-state index in [9.17, 15) is 19.6 Å². The van der Waals surface area contributed by atoms with Crippen molar-refractivity contribution in [3.05, 3.63) is 65.2 Å². The van der Waals surface area contributed by atoms with Crippen LogP contribution in [-0.2, 0) is 19.0 Å². The fourth-order valence-electron chi connectivity index (χ4n) is 2.97. The molecule has 0 radical (unpaired) electrons. The number of nitrogens with zero attached hydrogens (tertiary/aromatic N) is 1. The topological polar surface area (TPSA) is 121 Å². The number of hydrogen-bond donors (Lipinski definition) is 0. The molecule has 0 heterocycles. The van der Waals surface area contributed by atoms with Gasteiger partial charge in [-0.15, -0.1) is 0 Å². The lowest BCUT2D eigenvalue weighted by molar-refractivity contribution is -0.144. The molecular weight excluding hydrogens is 454 g/mol. The maximum atomic E-state index is 12.8.